The van der Waals surface area contributed by atoms with Crippen LogP contribution in [0.3, 0.4) is 0 Å². The standard InChI is InChI=1S/C17H18N2S/c1-11-6-12(2)8-14(7-11)10-18-15-4-5-16-17(9-15)20-13(3)19-16/h4-9,18H,10H2,1-3H3. The van der Waals surface area contributed by atoms with Gasteiger partial charge in [-0.15, -0.1) is 11.3 Å². The van der Waals surface area contributed by atoms with Gasteiger partial charge in [-0.05, 0) is 44.5 Å². The van der Waals surface area contributed by atoms with E-state index in [4.69, 9.17) is 0 Å². The second kappa shape index (κ2) is 5.25. The monoisotopic (exact) mass is 282 g/mol. The first kappa shape index (κ1) is 13.1. The minimum Gasteiger partial charge on any atom is -0.381 e. The van der Waals surface area contributed by atoms with Crippen LogP contribution in [0.4, 0.5) is 5.69 Å². The predicted octanol–water partition coefficient (Wildman–Crippen LogP) is 4.83. The third kappa shape index (κ3) is 2.83. The van der Waals surface area contributed by atoms with E-state index >= 15 is 0 Å². The van der Waals surface area contributed by atoms with E-state index in [2.05, 4.69) is 60.5 Å². The SMILES string of the molecule is Cc1cc(C)cc(CNc2ccc3nc(C)sc3c2)c1. The van der Waals surface area contributed by atoms with Crippen LogP contribution >= 0.6 is 11.3 Å². The first-order valence-corrected chi connectivity index (χ1v) is 7.60. The Labute approximate surface area is 123 Å². The molecule has 1 heterocycles. The van der Waals surface area contributed by atoms with Gasteiger partial charge in [-0.1, -0.05) is 29.3 Å². The Hall–Kier alpha value is -1.87. The highest BCUT2D eigenvalue weighted by atomic mass is 32.1. The van der Waals surface area contributed by atoms with Gasteiger partial charge in [0.2, 0.25) is 0 Å². The largest absolute Gasteiger partial charge is 0.381 e. The lowest BCUT2D eigenvalue weighted by atomic mass is 10.1. The Morgan fingerprint density at radius 2 is 1.75 bits per heavy atom. The molecule has 0 amide bonds. The van der Waals surface area contributed by atoms with Crippen molar-refractivity contribution in [3.8, 4) is 0 Å². The lowest BCUT2D eigenvalue weighted by Crippen LogP contribution is -1.99. The zero-order chi connectivity index (χ0) is 14.1. The zero-order valence-electron chi connectivity index (χ0n) is 12.0. The summed E-state index contributed by atoms with van der Waals surface area (Å²) in [5, 5.41) is 4.61. The van der Waals surface area contributed by atoms with Gasteiger partial charge in [0.05, 0.1) is 15.2 Å². The fourth-order valence-electron chi connectivity index (χ4n) is 2.52. The third-order valence-electron chi connectivity index (χ3n) is 3.27. The molecule has 3 heteroatoms. The Morgan fingerprint density at radius 3 is 2.50 bits per heavy atom. The number of aryl methyl sites for hydroxylation is 3. The summed E-state index contributed by atoms with van der Waals surface area (Å²) in [6, 6.07) is 13.0. The molecule has 3 rings (SSSR count). The second-order valence-electron chi connectivity index (χ2n) is 5.26. The Kier molecular flexibility index (Phi) is 3.45. The number of rotatable bonds is 3. The van der Waals surface area contributed by atoms with E-state index in [1.807, 2.05) is 6.92 Å². The lowest BCUT2D eigenvalue weighted by molar-refractivity contribution is 1.13. The Balaban J connectivity index is 1.79. The van der Waals surface area contributed by atoms with Crippen LogP contribution in [0, 0.1) is 20.8 Å². The van der Waals surface area contributed by atoms with Gasteiger partial charge in [-0.25, -0.2) is 4.98 Å². The molecule has 2 aromatic carbocycles. The molecule has 1 N–H and O–H groups in total. The van der Waals surface area contributed by atoms with Crippen molar-refractivity contribution in [2.24, 2.45) is 0 Å². The number of hydrogen-bond donors (Lipinski definition) is 1. The van der Waals surface area contributed by atoms with Crippen molar-refractivity contribution in [3.63, 3.8) is 0 Å². The van der Waals surface area contributed by atoms with Gasteiger partial charge >= 0.3 is 0 Å². The van der Waals surface area contributed by atoms with Crippen molar-refractivity contribution in [1.82, 2.24) is 4.98 Å². The number of nitrogens with zero attached hydrogens (tertiary/aromatic N) is 1. The summed E-state index contributed by atoms with van der Waals surface area (Å²) in [4.78, 5) is 4.49. The van der Waals surface area contributed by atoms with Gasteiger partial charge in [-0.3, -0.25) is 0 Å². The summed E-state index contributed by atoms with van der Waals surface area (Å²) in [5.74, 6) is 0. The molecule has 0 unspecified atom stereocenters. The highest BCUT2D eigenvalue weighted by Crippen LogP contribution is 2.25. The van der Waals surface area contributed by atoms with Crippen LogP contribution < -0.4 is 5.32 Å². The van der Waals surface area contributed by atoms with Crippen LogP contribution in [0.15, 0.2) is 36.4 Å². The van der Waals surface area contributed by atoms with Crippen molar-refractivity contribution < 1.29 is 0 Å². The van der Waals surface area contributed by atoms with Crippen LogP contribution in [0.1, 0.15) is 21.7 Å². The number of nitrogens with one attached hydrogen (secondary N) is 1. The van der Waals surface area contributed by atoms with Crippen molar-refractivity contribution >= 4 is 27.2 Å². The number of aromatic nitrogens is 1. The van der Waals surface area contributed by atoms with E-state index in [9.17, 15) is 0 Å². The van der Waals surface area contributed by atoms with E-state index < -0.39 is 0 Å². The third-order valence-corrected chi connectivity index (χ3v) is 4.21. The van der Waals surface area contributed by atoms with E-state index in [1.165, 1.54) is 21.4 Å². The summed E-state index contributed by atoms with van der Waals surface area (Å²) in [5.41, 5.74) is 6.19. The summed E-state index contributed by atoms with van der Waals surface area (Å²) >= 11 is 1.74. The molecule has 3 aromatic rings. The Morgan fingerprint density at radius 1 is 1.00 bits per heavy atom. The number of fused-ring (bicyclic) bond motifs is 1. The maximum absolute atomic E-state index is 4.49. The van der Waals surface area contributed by atoms with Gasteiger partial charge in [0.1, 0.15) is 0 Å². The van der Waals surface area contributed by atoms with Crippen LogP contribution in [0.5, 0.6) is 0 Å². The van der Waals surface area contributed by atoms with Gasteiger partial charge in [0.15, 0.2) is 0 Å². The van der Waals surface area contributed by atoms with Crippen LogP contribution in [0.25, 0.3) is 10.2 Å². The smallest absolute Gasteiger partial charge is 0.0907 e. The highest BCUT2D eigenvalue weighted by molar-refractivity contribution is 7.18. The molecule has 0 spiro atoms. The van der Waals surface area contributed by atoms with E-state index in [0.717, 1.165) is 22.8 Å². The van der Waals surface area contributed by atoms with E-state index in [-0.39, 0.29) is 0 Å². The number of thiazole rings is 1. The minimum absolute atomic E-state index is 0.853. The van der Waals surface area contributed by atoms with Crippen molar-refractivity contribution in [2.75, 3.05) is 5.32 Å². The maximum atomic E-state index is 4.49. The van der Waals surface area contributed by atoms with E-state index in [1.54, 1.807) is 11.3 Å². The molecule has 0 aliphatic carbocycles. The number of anilines is 1. The minimum atomic E-state index is 0.853. The van der Waals surface area contributed by atoms with Gasteiger partial charge in [-0.2, -0.15) is 0 Å². The second-order valence-corrected chi connectivity index (χ2v) is 6.50. The fraction of sp³-hybridized carbons (Fsp3) is 0.235. The summed E-state index contributed by atoms with van der Waals surface area (Å²) in [6.07, 6.45) is 0. The first-order chi connectivity index (χ1) is 9.60. The highest BCUT2D eigenvalue weighted by Gasteiger charge is 2.02. The predicted molar refractivity (Wildman–Crippen MR) is 87.6 cm³/mol. The van der Waals surface area contributed by atoms with Crippen molar-refractivity contribution in [1.29, 1.82) is 0 Å². The van der Waals surface area contributed by atoms with Crippen LogP contribution in [0.2, 0.25) is 0 Å². The molecule has 0 bridgehead atoms. The average Bonchev–Trinajstić information content (AvgIpc) is 2.74. The van der Waals surface area contributed by atoms with Gasteiger partial charge in [0, 0.05) is 12.2 Å². The Bertz CT molecular complexity index is 739. The molecule has 2 nitrogen and oxygen atoms in total. The quantitative estimate of drug-likeness (QED) is 0.744. The van der Waals surface area contributed by atoms with E-state index in [0.29, 0.717) is 0 Å². The first-order valence-electron chi connectivity index (χ1n) is 6.78. The average molecular weight is 282 g/mol. The molecule has 0 aliphatic heterocycles. The van der Waals surface area contributed by atoms with Gasteiger partial charge < -0.3 is 5.32 Å². The van der Waals surface area contributed by atoms with Crippen molar-refractivity contribution in [3.05, 3.63) is 58.1 Å². The summed E-state index contributed by atoms with van der Waals surface area (Å²) < 4.78 is 1.24. The molecule has 0 saturated heterocycles. The lowest BCUT2D eigenvalue weighted by Gasteiger charge is -2.08. The van der Waals surface area contributed by atoms with Crippen molar-refractivity contribution in [2.45, 2.75) is 27.3 Å². The maximum Gasteiger partial charge on any atom is 0.0907 e. The molecule has 102 valence electrons. The van der Waals surface area contributed by atoms with Gasteiger partial charge in [0.25, 0.3) is 0 Å². The summed E-state index contributed by atoms with van der Waals surface area (Å²) in [6.45, 7) is 7.18. The molecule has 1 aromatic heterocycles. The summed E-state index contributed by atoms with van der Waals surface area (Å²) in [7, 11) is 0. The molecule has 20 heavy (non-hydrogen) atoms. The van der Waals surface area contributed by atoms with Crippen LogP contribution in [-0.4, -0.2) is 4.98 Å². The molecular formula is C17H18N2S. The zero-order valence-corrected chi connectivity index (χ0v) is 12.8. The molecule has 0 fully saturated rings. The molecule has 0 atom stereocenters. The number of hydrogen-bond acceptors (Lipinski definition) is 3. The molecule has 0 saturated carbocycles. The fourth-order valence-corrected chi connectivity index (χ4v) is 3.39. The number of benzene rings is 2. The molecule has 0 aliphatic rings. The topological polar surface area (TPSA) is 24.9 Å². The normalized spacial score (nSPS) is 10.9. The molecular weight excluding hydrogens is 264 g/mol. The molecule has 0 radical (unpaired) electrons. The van der Waals surface area contributed by atoms with Crippen LogP contribution in [-0.2, 0) is 6.54 Å².